The quantitative estimate of drug-likeness (QED) is 0.867. The molecule has 2 rings (SSSR count). The van der Waals surface area contributed by atoms with Crippen LogP contribution in [0.5, 0.6) is 5.75 Å². The fourth-order valence-corrected chi connectivity index (χ4v) is 3.28. The molecule has 3 nitrogen and oxygen atoms in total. The van der Waals surface area contributed by atoms with Crippen molar-refractivity contribution in [2.45, 2.75) is 58.0 Å². The summed E-state index contributed by atoms with van der Waals surface area (Å²) < 4.78 is 5.49. The van der Waals surface area contributed by atoms with Gasteiger partial charge in [-0.25, -0.2) is 0 Å². The summed E-state index contributed by atoms with van der Waals surface area (Å²) >= 11 is 0. The zero-order valence-electron chi connectivity index (χ0n) is 13.6. The van der Waals surface area contributed by atoms with E-state index in [1.54, 1.807) is 0 Å². The van der Waals surface area contributed by atoms with Gasteiger partial charge in [0, 0.05) is 18.6 Å². The van der Waals surface area contributed by atoms with Crippen LogP contribution in [-0.4, -0.2) is 30.6 Å². The van der Waals surface area contributed by atoms with Crippen LogP contribution in [0, 0.1) is 0 Å². The lowest BCUT2D eigenvalue weighted by Crippen LogP contribution is -2.39. The number of likely N-dealkylation sites (tertiary alicyclic amines) is 1. The highest BCUT2D eigenvalue weighted by molar-refractivity contribution is 5.29. The molecule has 0 saturated carbocycles. The Morgan fingerprint density at radius 1 is 1.19 bits per heavy atom. The largest absolute Gasteiger partial charge is 0.494 e. The highest BCUT2D eigenvalue weighted by Crippen LogP contribution is 2.23. The van der Waals surface area contributed by atoms with Crippen molar-refractivity contribution in [2.75, 3.05) is 19.7 Å². The third kappa shape index (κ3) is 4.72. The smallest absolute Gasteiger partial charge is 0.119 e. The fraction of sp³-hybridized carbons (Fsp3) is 0.667. The zero-order valence-corrected chi connectivity index (χ0v) is 13.6. The second kappa shape index (κ2) is 8.40. The Balaban J connectivity index is 1.96. The van der Waals surface area contributed by atoms with Crippen LogP contribution in [0.3, 0.4) is 0 Å². The number of nitrogens with two attached hydrogens (primary N) is 1. The summed E-state index contributed by atoms with van der Waals surface area (Å²) in [6, 6.07) is 9.06. The maximum absolute atomic E-state index is 6.44. The molecule has 0 aromatic heterocycles. The highest BCUT2D eigenvalue weighted by atomic mass is 16.5. The number of rotatable bonds is 6. The highest BCUT2D eigenvalue weighted by Gasteiger charge is 2.21. The third-order valence-electron chi connectivity index (χ3n) is 4.52. The Morgan fingerprint density at radius 2 is 1.95 bits per heavy atom. The van der Waals surface area contributed by atoms with Crippen LogP contribution < -0.4 is 10.5 Å². The van der Waals surface area contributed by atoms with Crippen molar-refractivity contribution in [1.29, 1.82) is 0 Å². The van der Waals surface area contributed by atoms with Crippen LogP contribution in [0.1, 0.15) is 57.6 Å². The van der Waals surface area contributed by atoms with E-state index in [0.717, 1.165) is 12.3 Å². The van der Waals surface area contributed by atoms with Gasteiger partial charge in [0.25, 0.3) is 0 Å². The average Bonchev–Trinajstić information content (AvgIpc) is 2.73. The molecule has 2 unspecified atom stereocenters. The van der Waals surface area contributed by atoms with Gasteiger partial charge in [0.1, 0.15) is 5.75 Å². The number of hydrogen-bond donors (Lipinski definition) is 1. The predicted octanol–water partition coefficient (Wildman–Crippen LogP) is 3.74. The van der Waals surface area contributed by atoms with Crippen molar-refractivity contribution in [3.63, 3.8) is 0 Å². The molecule has 21 heavy (non-hydrogen) atoms. The number of hydrogen-bond acceptors (Lipinski definition) is 3. The third-order valence-corrected chi connectivity index (χ3v) is 4.52. The summed E-state index contributed by atoms with van der Waals surface area (Å²) in [7, 11) is 0. The van der Waals surface area contributed by atoms with Crippen molar-refractivity contribution in [3.8, 4) is 5.75 Å². The first kappa shape index (κ1) is 16.3. The summed E-state index contributed by atoms with van der Waals surface area (Å²) in [6.07, 6.45) is 6.60. The Morgan fingerprint density at radius 3 is 2.62 bits per heavy atom. The lowest BCUT2D eigenvalue weighted by atomic mass is 10.0. The molecule has 1 aromatic rings. The van der Waals surface area contributed by atoms with E-state index in [0.29, 0.717) is 12.6 Å². The van der Waals surface area contributed by atoms with Gasteiger partial charge in [0.2, 0.25) is 0 Å². The molecule has 0 bridgehead atoms. The van der Waals surface area contributed by atoms with E-state index in [9.17, 15) is 0 Å². The standard InChI is InChI=1S/C18H30N2O/c1-3-16-8-6-5-7-13-20(16)14-18(19)15-9-11-17(12-10-15)21-4-2/h9-12,16,18H,3-8,13-14,19H2,1-2H3. The van der Waals surface area contributed by atoms with Crippen LogP contribution in [0.4, 0.5) is 0 Å². The van der Waals surface area contributed by atoms with Crippen LogP contribution in [0.25, 0.3) is 0 Å². The van der Waals surface area contributed by atoms with Gasteiger partial charge in [-0.15, -0.1) is 0 Å². The zero-order chi connectivity index (χ0) is 15.1. The van der Waals surface area contributed by atoms with Gasteiger partial charge in [-0.3, -0.25) is 4.90 Å². The summed E-state index contributed by atoms with van der Waals surface area (Å²) in [6.45, 7) is 7.17. The average molecular weight is 290 g/mol. The van der Waals surface area contributed by atoms with Gasteiger partial charge < -0.3 is 10.5 Å². The van der Waals surface area contributed by atoms with Crippen molar-refractivity contribution in [2.24, 2.45) is 5.73 Å². The van der Waals surface area contributed by atoms with E-state index in [1.165, 1.54) is 44.2 Å². The van der Waals surface area contributed by atoms with Gasteiger partial charge in [0.05, 0.1) is 6.61 Å². The van der Waals surface area contributed by atoms with Gasteiger partial charge in [-0.05, 0) is 50.4 Å². The van der Waals surface area contributed by atoms with Gasteiger partial charge in [-0.1, -0.05) is 31.9 Å². The van der Waals surface area contributed by atoms with E-state index in [4.69, 9.17) is 10.5 Å². The van der Waals surface area contributed by atoms with Crippen LogP contribution >= 0.6 is 0 Å². The minimum absolute atomic E-state index is 0.0906. The van der Waals surface area contributed by atoms with Gasteiger partial charge in [0.15, 0.2) is 0 Å². The van der Waals surface area contributed by atoms with Crippen LogP contribution in [0.2, 0.25) is 0 Å². The summed E-state index contributed by atoms with van der Waals surface area (Å²) in [4.78, 5) is 2.61. The first-order valence-electron chi connectivity index (χ1n) is 8.47. The number of ether oxygens (including phenoxy) is 1. The molecule has 0 spiro atoms. The maximum Gasteiger partial charge on any atom is 0.119 e. The van der Waals surface area contributed by atoms with E-state index < -0.39 is 0 Å². The molecule has 118 valence electrons. The molecular formula is C18H30N2O. The molecule has 1 heterocycles. The second-order valence-electron chi connectivity index (χ2n) is 6.01. The molecule has 1 fully saturated rings. The van der Waals surface area contributed by atoms with Crippen molar-refractivity contribution in [3.05, 3.63) is 29.8 Å². The minimum Gasteiger partial charge on any atom is -0.494 e. The lowest BCUT2D eigenvalue weighted by Gasteiger charge is -2.31. The van der Waals surface area contributed by atoms with Crippen molar-refractivity contribution in [1.82, 2.24) is 4.90 Å². The molecule has 2 N–H and O–H groups in total. The van der Waals surface area contributed by atoms with Crippen LogP contribution in [-0.2, 0) is 0 Å². The Labute approximate surface area is 129 Å². The summed E-state index contributed by atoms with van der Waals surface area (Å²) in [5.74, 6) is 0.926. The first-order valence-corrected chi connectivity index (χ1v) is 8.47. The van der Waals surface area contributed by atoms with Crippen molar-refractivity contribution < 1.29 is 4.74 Å². The van der Waals surface area contributed by atoms with Gasteiger partial charge in [-0.2, -0.15) is 0 Å². The monoisotopic (exact) mass is 290 g/mol. The Bertz CT molecular complexity index is 404. The fourth-order valence-electron chi connectivity index (χ4n) is 3.28. The van der Waals surface area contributed by atoms with Gasteiger partial charge >= 0.3 is 0 Å². The molecule has 0 amide bonds. The Hall–Kier alpha value is -1.06. The molecule has 3 heteroatoms. The van der Waals surface area contributed by atoms with Crippen molar-refractivity contribution >= 4 is 0 Å². The predicted molar refractivity (Wildman–Crippen MR) is 88.7 cm³/mol. The summed E-state index contributed by atoms with van der Waals surface area (Å²) in [5, 5.41) is 0. The Kier molecular flexibility index (Phi) is 6.52. The van der Waals surface area contributed by atoms with E-state index >= 15 is 0 Å². The molecule has 1 aliphatic rings. The number of benzene rings is 1. The first-order chi connectivity index (χ1) is 10.2. The molecular weight excluding hydrogens is 260 g/mol. The second-order valence-corrected chi connectivity index (χ2v) is 6.01. The van der Waals surface area contributed by atoms with Crippen LogP contribution in [0.15, 0.2) is 24.3 Å². The van der Waals surface area contributed by atoms with E-state index in [-0.39, 0.29) is 6.04 Å². The molecule has 0 radical (unpaired) electrons. The number of nitrogens with zero attached hydrogens (tertiary/aromatic N) is 1. The topological polar surface area (TPSA) is 38.5 Å². The minimum atomic E-state index is 0.0906. The molecule has 2 atom stereocenters. The molecule has 0 aliphatic carbocycles. The molecule has 1 saturated heterocycles. The normalized spacial score (nSPS) is 21.8. The molecule has 1 aromatic carbocycles. The summed E-state index contributed by atoms with van der Waals surface area (Å²) in [5.41, 5.74) is 7.64. The lowest BCUT2D eigenvalue weighted by molar-refractivity contribution is 0.183. The van der Waals surface area contributed by atoms with E-state index in [2.05, 4.69) is 24.0 Å². The molecule has 1 aliphatic heterocycles. The van der Waals surface area contributed by atoms with E-state index in [1.807, 2.05) is 19.1 Å². The SMILES string of the molecule is CCOc1ccc(C(N)CN2CCCCCC2CC)cc1. The maximum atomic E-state index is 6.44.